The van der Waals surface area contributed by atoms with Crippen molar-refractivity contribution in [1.82, 2.24) is 0 Å². The van der Waals surface area contributed by atoms with Crippen molar-refractivity contribution in [2.24, 2.45) is 0 Å². The molecular weight excluding hydrogens is 465 g/mol. The largest absolute Gasteiger partial charge is 1.00 e. The predicted molar refractivity (Wildman–Crippen MR) is 135 cm³/mol. The van der Waals surface area contributed by atoms with Crippen LogP contribution in [0, 0.1) is 0 Å². The zero-order chi connectivity index (χ0) is 23.3. The van der Waals surface area contributed by atoms with Crippen molar-refractivity contribution in [1.29, 1.82) is 0 Å². The summed E-state index contributed by atoms with van der Waals surface area (Å²) in [6.45, 7) is 0. The average Bonchev–Trinajstić information content (AvgIpc) is 2.89. The molecule has 0 aliphatic heterocycles. The number of hydrogen-bond donors (Lipinski definition) is 0. The first-order valence-electron chi connectivity index (χ1n) is 11.1. The summed E-state index contributed by atoms with van der Waals surface area (Å²) in [5, 5.41) is 23.5. The first-order chi connectivity index (χ1) is 16.7. The first-order valence-corrected chi connectivity index (χ1v) is 11.1. The number of rotatable bonds is 6. The Hall–Kier alpha value is -2.12. The fraction of sp³-hybridized carbons (Fsp3) is 0. The van der Waals surface area contributed by atoms with E-state index in [2.05, 4.69) is 12.1 Å². The topological polar surface area (TPSA) is 55.3 Å². The van der Waals surface area contributed by atoms with Crippen molar-refractivity contribution in [2.75, 3.05) is 0 Å². The monoisotopic (exact) mass is 486 g/mol. The molecule has 0 fully saturated rings. The summed E-state index contributed by atoms with van der Waals surface area (Å²) in [6, 6.07) is 41.7. The van der Waals surface area contributed by atoms with Crippen molar-refractivity contribution >= 4 is 7.32 Å². The molecule has 0 aliphatic rings. The smallest absolute Gasteiger partial charge is 0.860 e. The maximum atomic E-state index is 11.8. The van der Waals surface area contributed by atoms with Gasteiger partial charge in [-0.2, -0.15) is 0 Å². The Bertz CT molecular complexity index is 1380. The standard InChI is InChI=1S/C30H21BO3.2Na/c32-31(33)34-27-21-26(22-13-5-1-6-14-22)28(23-15-7-2-8-16-23)30(25-19-11-4-12-20-25)29(27)24-17-9-3-10-18-24;;/h1-21H;;/q-2;2*+1. The molecule has 5 aromatic rings. The van der Waals surface area contributed by atoms with Crippen LogP contribution < -0.4 is 73.8 Å². The molecule has 0 radical (unpaired) electrons. The van der Waals surface area contributed by atoms with Gasteiger partial charge in [0.15, 0.2) is 0 Å². The van der Waals surface area contributed by atoms with Gasteiger partial charge in [0, 0.05) is 11.1 Å². The van der Waals surface area contributed by atoms with E-state index in [1.807, 2.05) is 115 Å². The van der Waals surface area contributed by atoms with Crippen molar-refractivity contribution in [3.05, 3.63) is 127 Å². The Balaban J connectivity index is 0.00000180. The summed E-state index contributed by atoms with van der Waals surface area (Å²) in [5.41, 5.74) is 7.38. The van der Waals surface area contributed by atoms with Crippen LogP contribution >= 0.6 is 0 Å². The molecule has 0 atom stereocenters. The van der Waals surface area contributed by atoms with Gasteiger partial charge in [-0.05, 0) is 39.4 Å². The second-order valence-electron chi connectivity index (χ2n) is 7.92. The minimum absolute atomic E-state index is 0. The van der Waals surface area contributed by atoms with Crippen molar-refractivity contribution in [3.63, 3.8) is 0 Å². The molecule has 5 rings (SSSR count). The molecule has 164 valence electrons. The molecular formula is C30H21BNa2O3. The molecule has 0 N–H and O–H groups in total. The predicted octanol–water partition coefficient (Wildman–Crippen LogP) is -0.553. The maximum absolute atomic E-state index is 11.8. The van der Waals surface area contributed by atoms with Crippen LogP contribution in [0.15, 0.2) is 127 Å². The summed E-state index contributed by atoms with van der Waals surface area (Å²) in [6.07, 6.45) is 0. The van der Waals surface area contributed by atoms with Gasteiger partial charge < -0.3 is 14.7 Å². The third kappa shape index (κ3) is 6.23. The van der Waals surface area contributed by atoms with Crippen LogP contribution in [0.3, 0.4) is 0 Å². The molecule has 3 nitrogen and oxygen atoms in total. The van der Waals surface area contributed by atoms with Gasteiger partial charge in [-0.25, -0.2) is 0 Å². The fourth-order valence-electron chi connectivity index (χ4n) is 4.39. The van der Waals surface area contributed by atoms with E-state index in [0.717, 1.165) is 44.5 Å². The molecule has 36 heavy (non-hydrogen) atoms. The third-order valence-corrected chi connectivity index (χ3v) is 5.79. The SMILES string of the molecule is [Na+].[Na+].[O-]B([O-])Oc1cc(-c2ccccc2)c(-c2ccccc2)c(-c2ccccc2)c1-c1ccccc1. The van der Waals surface area contributed by atoms with Crippen molar-refractivity contribution < 1.29 is 73.8 Å². The quantitative estimate of drug-likeness (QED) is 0.303. The van der Waals surface area contributed by atoms with Crippen LogP contribution in [0.1, 0.15) is 0 Å². The van der Waals surface area contributed by atoms with E-state index >= 15 is 0 Å². The first kappa shape index (κ1) is 28.5. The van der Waals surface area contributed by atoms with Gasteiger partial charge in [0.05, 0.1) is 0 Å². The van der Waals surface area contributed by atoms with Gasteiger partial charge in [0.25, 0.3) is 0 Å². The molecule has 0 aromatic heterocycles. The Labute approximate surface area is 256 Å². The molecule has 0 aliphatic carbocycles. The number of benzene rings is 5. The van der Waals surface area contributed by atoms with E-state index in [-0.39, 0.29) is 64.9 Å². The van der Waals surface area contributed by atoms with Crippen molar-refractivity contribution in [2.45, 2.75) is 0 Å². The van der Waals surface area contributed by atoms with Crippen LogP contribution in [-0.4, -0.2) is 7.32 Å². The van der Waals surface area contributed by atoms with E-state index in [0.29, 0.717) is 0 Å². The molecule has 0 spiro atoms. The Morgan fingerprint density at radius 1 is 0.444 bits per heavy atom. The van der Waals surface area contributed by atoms with E-state index in [1.165, 1.54) is 0 Å². The molecule has 0 unspecified atom stereocenters. The van der Waals surface area contributed by atoms with E-state index in [4.69, 9.17) is 4.65 Å². The Kier molecular flexibility index (Phi) is 10.6. The van der Waals surface area contributed by atoms with Gasteiger partial charge in [0.2, 0.25) is 0 Å². The summed E-state index contributed by atoms with van der Waals surface area (Å²) in [7, 11) is -2.45. The van der Waals surface area contributed by atoms with Gasteiger partial charge in [0.1, 0.15) is 13.1 Å². The fourth-order valence-corrected chi connectivity index (χ4v) is 4.39. The Morgan fingerprint density at radius 2 is 0.806 bits per heavy atom. The average molecular weight is 486 g/mol. The molecule has 0 amide bonds. The molecule has 6 heteroatoms. The maximum Gasteiger partial charge on any atom is 1.00 e. The van der Waals surface area contributed by atoms with Crippen LogP contribution in [0.5, 0.6) is 5.75 Å². The minimum Gasteiger partial charge on any atom is -0.860 e. The van der Waals surface area contributed by atoms with Gasteiger partial charge >= 0.3 is 59.1 Å². The van der Waals surface area contributed by atoms with Crippen molar-refractivity contribution in [3.8, 4) is 50.3 Å². The molecule has 5 aromatic carbocycles. The zero-order valence-corrected chi connectivity index (χ0v) is 24.4. The second kappa shape index (κ2) is 13.4. The van der Waals surface area contributed by atoms with Gasteiger partial charge in [-0.3, -0.25) is 0 Å². The summed E-state index contributed by atoms with van der Waals surface area (Å²) >= 11 is 0. The van der Waals surface area contributed by atoms with E-state index in [1.54, 1.807) is 0 Å². The summed E-state index contributed by atoms with van der Waals surface area (Å²) in [4.78, 5) is 0. The van der Waals surface area contributed by atoms with E-state index < -0.39 is 7.32 Å². The number of hydrogen-bond acceptors (Lipinski definition) is 3. The zero-order valence-electron chi connectivity index (χ0n) is 20.4. The van der Waals surface area contributed by atoms with Gasteiger partial charge in [-0.1, -0.05) is 121 Å². The van der Waals surface area contributed by atoms with Crippen LogP contribution in [0.25, 0.3) is 44.5 Å². The summed E-state index contributed by atoms with van der Waals surface area (Å²) < 4.78 is 5.40. The van der Waals surface area contributed by atoms with E-state index in [9.17, 15) is 10.0 Å². The van der Waals surface area contributed by atoms with Crippen LogP contribution in [0.2, 0.25) is 0 Å². The second-order valence-corrected chi connectivity index (χ2v) is 7.92. The molecule has 0 saturated heterocycles. The molecule has 0 saturated carbocycles. The van der Waals surface area contributed by atoms with Gasteiger partial charge in [-0.15, -0.1) is 0 Å². The third-order valence-electron chi connectivity index (χ3n) is 5.79. The van der Waals surface area contributed by atoms with Crippen LogP contribution in [0.4, 0.5) is 0 Å². The minimum atomic E-state index is -2.45. The molecule has 0 bridgehead atoms. The Morgan fingerprint density at radius 3 is 1.22 bits per heavy atom. The normalized spacial score (nSPS) is 10.1. The van der Waals surface area contributed by atoms with Crippen LogP contribution in [-0.2, 0) is 0 Å². The summed E-state index contributed by atoms with van der Waals surface area (Å²) in [5.74, 6) is 0.276. The molecule has 0 heterocycles.